The van der Waals surface area contributed by atoms with Gasteiger partial charge >= 0.3 is 30.8 Å². The molecule has 0 bridgehead atoms. The Labute approximate surface area is 173 Å². The van der Waals surface area contributed by atoms with E-state index in [0.29, 0.717) is 0 Å². The summed E-state index contributed by atoms with van der Waals surface area (Å²) in [6.45, 7) is -3.30. The molecule has 0 unspecified atom stereocenters. The maximum atomic E-state index is 10.5. The maximum absolute atomic E-state index is 10.5. The lowest BCUT2D eigenvalue weighted by molar-refractivity contribution is -0.725. The number of hydrogen-bond acceptors (Lipinski definition) is 8. The molecule has 3 heterocycles. The van der Waals surface area contributed by atoms with Gasteiger partial charge in [-0.3, -0.25) is 0 Å². The van der Waals surface area contributed by atoms with Crippen LogP contribution in [0.4, 0.5) is 0 Å². The van der Waals surface area contributed by atoms with Crippen LogP contribution in [0.3, 0.4) is 0 Å². The fourth-order valence-corrected chi connectivity index (χ4v) is 4.44. The van der Waals surface area contributed by atoms with Crippen molar-refractivity contribution in [3.8, 4) is 0 Å². The van der Waals surface area contributed by atoms with Crippen LogP contribution in [0.15, 0.2) is 18.7 Å². The zero-order valence-electron chi connectivity index (χ0n) is 16.7. The summed E-state index contributed by atoms with van der Waals surface area (Å²) in [6, 6.07) is 1.57. The van der Waals surface area contributed by atoms with Crippen LogP contribution in [0, 0.1) is 0 Å². The SMILES string of the molecule is O=C1O[B-]2(OC1=O)OC(=O)C(=O)O2.c1c[n+](C2CCCCC2)cn1C1CCCCC1. The third-order valence-electron chi connectivity index (χ3n) is 6.01. The lowest BCUT2D eigenvalue weighted by Crippen LogP contribution is -2.40. The van der Waals surface area contributed by atoms with Gasteiger partial charge < -0.3 is 18.6 Å². The first-order chi connectivity index (χ1) is 14.5. The Hall–Kier alpha value is -2.85. The summed E-state index contributed by atoms with van der Waals surface area (Å²) >= 11 is 0. The first-order valence-corrected chi connectivity index (χ1v) is 10.6. The lowest BCUT2D eigenvalue weighted by Gasteiger charge is -2.21. The molecule has 2 saturated heterocycles. The first kappa shape index (κ1) is 20.4. The molecule has 162 valence electrons. The van der Waals surface area contributed by atoms with Crippen LogP contribution < -0.4 is 4.57 Å². The van der Waals surface area contributed by atoms with Crippen molar-refractivity contribution in [1.82, 2.24) is 4.57 Å². The summed E-state index contributed by atoms with van der Waals surface area (Å²) in [5, 5.41) is 0. The minimum absolute atomic E-state index is 0.786. The summed E-state index contributed by atoms with van der Waals surface area (Å²) in [7, 11) is 0. The quantitative estimate of drug-likeness (QED) is 0.401. The molecule has 0 amide bonds. The van der Waals surface area contributed by atoms with Crippen molar-refractivity contribution in [2.45, 2.75) is 76.3 Å². The average Bonchev–Trinajstić information content (AvgIpc) is 3.42. The summed E-state index contributed by atoms with van der Waals surface area (Å²) in [6.07, 6.45) is 21.1. The van der Waals surface area contributed by atoms with Crippen LogP contribution in [0.1, 0.15) is 76.3 Å². The molecule has 11 heteroatoms. The zero-order chi connectivity index (χ0) is 21.1. The van der Waals surface area contributed by atoms with Crippen LogP contribution in [0.5, 0.6) is 0 Å². The molecule has 4 aliphatic rings. The second kappa shape index (κ2) is 8.49. The summed E-state index contributed by atoms with van der Waals surface area (Å²) in [5.74, 6) is -5.49. The molecule has 0 N–H and O–H groups in total. The molecule has 5 rings (SSSR count). The van der Waals surface area contributed by atoms with E-state index >= 15 is 0 Å². The highest BCUT2D eigenvalue weighted by molar-refractivity contribution is 6.73. The minimum atomic E-state index is -3.30. The summed E-state index contributed by atoms with van der Waals surface area (Å²) in [4.78, 5) is 41.9. The van der Waals surface area contributed by atoms with E-state index in [-0.39, 0.29) is 0 Å². The van der Waals surface area contributed by atoms with Crippen LogP contribution in [-0.2, 0) is 37.8 Å². The number of aromatic nitrogens is 2. The van der Waals surface area contributed by atoms with Gasteiger partial charge in [0, 0.05) is 0 Å². The van der Waals surface area contributed by atoms with Gasteiger partial charge in [-0.05, 0) is 51.4 Å². The second-order valence-electron chi connectivity index (χ2n) is 8.09. The van der Waals surface area contributed by atoms with Gasteiger partial charge in [-0.15, -0.1) is 0 Å². The molecule has 0 aromatic carbocycles. The molecule has 2 aliphatic heterocycles. The highest BCUT2D eigenvalue weighted by Gasteiger charge is 2.60. The van der Waals surface area contributed by atoms with Gasteiger partial charge in [-0.2, -0.15) is 0 Å². The van der Waals surface area contributed by atoms with E-state index < -0.39 is 30.8 Å². The van der Waals surface area contributed by atoms with Crippen LogP contribution in [-0.4, -0.2) is 35.4 Å². The van der Waals surface area contributed by atoms with Crippen molar-refractivity contribution in [3.63, 3.8) is 0 Å². The van der Waals surface area contributed by atoms with Crippen molar-refractivity contribution < 1.29 is 42.4 Å². The molecule has 2 aliphatic carbocycles. The van der Waals surface area contributed by atoms with Gasteiger partial charge in [-0.25, -0.2) is 28.3 Å². The van der Waals surface area contributed by atoms with E-state index in [4.69, 9.17) is 0 Å². The molecule has 4 fully saturated rings. The molecule has 10 nitrogen and oxygen atoms in total. The molecule has 1 spiro atoms. The minimum Gasteiger partial charge on any atom is -0.576 e. The number of imidazole rings is 1. The maximum Gasteiger partial charge on any atom is 0.786 e. The molecular formula is C19H25BN2O8. The molecule has 0 atom stereocenters. The van der Waals surface area contributed by atoms with E-state index in [9.17, 15) is 19.2 Å². The summed E-state index contributed by atoms with van der Waals surface area (Å²) < 4.78 is 21.5. The second-order valence-corrected chi connectivity index (χ2v) is 8.09. The van der Waals surface area contributed by atoms with Gasteiger partial charge in [0.1, 0.15) is 24.5 Å². The molecule has 2 saturated carbocycles. The van der Waals surface area contributed by atoms with Crippen molar-refractivity contribution in [1.29, 1.82) is 0 Å². The smallest absolute Gasteiger partial charge is 0.576 e. The number of carbonyl (C=O) groups excluding carboxylic acids is 4. The Morgan fingerprint density at radius 2 is 1.20 bits per heavy atom. The van der Waals surface area contributed by atoms with E-state index in [0.717, 1.165) is 12.1 Å². The van der Waals surface area contributed by atoms with Crippen LogP contribution in [0.25, 0.3) is 0 Å². The topological polar surface area (TPSA) is 114 Å². The third-order valence-corrected chi connectivity index (χ3v) is 6.01. The molecule has 30 heavy (non-hydrogen) atoms. The van der Waals surface area contributed by atoms with E-state index in [2.05, 4.69) is 46.5 Å². The van der Waals surface area contributed by atoms with Gasteiger partial charge in [0.25, 0.3) is 0 Å². The standard InChI is InChI=1S/C15H25N2.C4BO8/c1-3-7-14(8-4-1)16-11-12-17(13-16)15-9-5-2-6-10-15;6-1-2(7)11-5(10-1)12-3(8)4(9)13-5/h11-15H,1-10H2;/q+1;-1. The zero-order valence-corrected chi connectivity index (χ0v) is 16.7. The van der Waals surface area contributed by atoms with Crippen LogP contribution in [0.2, 0.25) is 0 Å². The van der Waals surface area contributed by atoms with Crippen molar-refractivity contribution >= 4 is 30.8 Å². The Kier molecular flexibility index (Phi) is 5.78. The molecule has 1 aromatic rings. The monoisotopic (exact) mass is 420 g/mol. The van der Waals surface area contributed by atoms with E-state index in [1.54, 1.807) is 0 Å². The number of hydrogen-bond donors (Lipinski definition) is 0. The van der Waals surface area contributed by atoms with Gasteiger partial charge in [0.2, 0.25) is 6.33 Å². The number of carbonyl (C=O) groups is 4. The van der Waals surface area contributed by atoms with Crippen molar-refractivity contribution in [3.05, 3.63) is 18.7 Å². The largest absolute Gasteiger partial charge is 0.786 e. The predicted molar refractivity (Wildman–Crippen MR) is 99.0 cm³/mol. The molecular weight excluding hydrogens is 395 g/mol. The number of rotatable bonds is 2. The van der Waals surface area contributed by atoms with Crippen molar-refractivity contribution in [2.75, 3.05) is 0 Å². The molecule has 1 aromatic heterocycles. The Balaban J connectivity index is 0.000000151. The van der Waals surface area contributed by atoms with Gasteiger partial charge in [0.05, 0.1) is 0 Å². The predicted octanol–water partition coefficient (Wildman–Crippen LogP) is 1.41. The van der Waals surface area contributed by atoms with Gasteiger partial charge in [0.15, 0.2) is 0 Å². The van der Waals surface area contributed by atoms with Gasteiger partial charge in [-0.1, -0.05) is 12.8 Å². The first-order valence-electron chi connectivity index (χ1n) is 10.6. The average molecular weight is 420 g/mol. The highest BCUT2D eigenvalue weighted by Crippen LogP contribution is 2.28. The normalized spacial score (nSPS) is 24.0. The molecule has 0 radical (unpaired) electrons. The van der Waals surface area contributed by atoms with Crippen LogP contribution >= 0.6 is 0 Å². The van der Waals surface area contributed by atoms with Crippen molar-refractivity contribution in [2.24, 2.45) is 0 Å². The number of nitrogens with zero attached hydrogens (tertiary/aromatic N) is 2. The highest BCUT2D eigenvalue weighted by atomic mass is 17.0. The fourth-order valence-electron chi connectivity index (χ4n) is 4.44. The van der Waals surface area contributed by atoms with E-state index in [1.807, 2.05) is 0 Å². The fraction of sp³-hybridized carbons (Fsp3) is 0.632. The lowest BCUT2D eigenvalue weighted by atomic mass is 9.95. The Morgan fingerprint density at radius 3 is 1.70 bits per heavy atom. The Bertz CT molecular complexity index is 739. The van der Waals surface area contributed by atoms with E-state index in [1.165, 1.54) is 64.2 Å². The third kappa shape index (κ3) is 4.34. The summed E-state index contributed by atoms with van der Waals surface area (Å²) in [5.41, 5.74) is 0. The Morgan fingerprint density at radius 1 is 0.733 bits per heavy atom.